The molecule has 3 aromatic rings. The van der Waals surface area contributed by atoms with Gasteiger partial charge in [0.15, 0.2) is 0 Å². The molecule has 0 aliphatic heterocycles. The highest BCUT2D eigenvalue weighted by Gasteiger charge is 2.11. The molecule has 0 unspecified atom stereocenters. The summed E-state index contributed by atoms with van der Waals surface area (Å²) in [6, 6.07) is 13.8. The van der Waals surface area contributed by atoms with Crippen molar-refractivity contribution in [1.82, 2.24) is 9.38 Å². The summed E-state index contributed by atoms with van der Waals surface area (Å²) < 4.78 is 1.85. The fraction of sp³-hybridized carbons (Fsp3) is 0.133. The minimum absolute atomic E-state index is 0.0519. The van der Waals surface area contributed by atoms with Crippen molar-refractivity contribution >= 4 is 17.2 Å². The number of halogens is 1. The number of aromatic nitrogens is 2. The highest BCUT2D eigenvalue weighted by molar-refractivity contribution is 6.30. The number of fused-ring (bicyclic) bond motifs is 1. The van der Waals surface area contributed by atoms with Crippen LogP contribution < -0.4 is 0 Å². The van der Waals surface area contributed by atoms with Crippen molar-refractivity contribution in [3.8, 4) is 0 Å². The van der Waals surface area contributed by atoms with Crippen LogP contribution in [0.4, 0.5) is 0 Å². The van der Waals surface area contributed by atoms with Gasteiger partial charge in [-0.1, -0.05) is 41.9 Å². The Labute approximate surface area is 116 Å². The van der Waals surface area contributed by atoms with Crippen LogP contribution in [0.3, 0.4) is 0 Å². The van der Waals surface area contributed by atoms with Crippen LogP contribution in [0, 0.1) is 0 Å². The molecule has 2 aromatic heterocycles. The monoisotopic (exact) mass is 272 g/mol. The first-order chi connectivity index (χ1) is 9.28. The zero-order valence-corrected chi connectivity index (χ0v) is 11.0. The zero-order valence-electron chi connectivity index (χ0n) is 10.3. The summed E-state index contributed by atoms with van der Waals surface area (Å²) in [6.45, 7) is -0.0519. The third-order valence-electron chi connectivity index (χ3n) is 3.13. The van der Waals surface area contributed by atoms with Gasteiger partial charge in [-0.15, -0.1) is 0 Å². The molecule has 0 fully saturated rings. The molecule has 1 aromatic carbocycles. The first kappa shape index (κ1) is 12.2. The van der Waals surface area contributed by atoms with Crippen LogP contribution in [0.2, 0.25) is 5.02 Å². The van der Waals surface area contributed by atoms with Crippen LogP contribution >= 0.6 is 11.6 Å². The molecule has 96 valence electrons. The maximum Gasteiger partial charge on any atom is 0.137 e. The Hall–Kier alpha value is -1.84. The van der Waals surface area contributed by atoms with Gasteiger partial charge in [0.05, 0.1) is 23.0 Å². The van der Waals surface area contributed by atoms with Crippen LogP contribution in [-0.4, -0.2) is 14.5 Å². The zero-order chi connectivity index (χ0) is 13.2. The van der Waals surface area contributed by atoms with E-state index >= 15 is 0 Å². The van der Waals surface area contributed by atoms with Gasteiger partial charge in [0.2, 0.25) is 0 Å². The lowest BCUT2D eigenvalue weighted by molar-refractivity contribution is 0.274. The second-order valence-electron chi connectivity index (χ2n) is 4.40. The highest BCUT2D eigenvalue weighted by Crippen LogP contribution is 2.19. The fourth-order valence-corrected chi connectivity index (χ4v) is 2.37. The van der Waals surface area contributed by atoms with E-state index in [2.05, 4.69) is 17.1 Å². The largest absolute Gasteiger partial charge is 0.390 e. The molecule has 0 aliphatic rings. The van der Waals surface area contributed by atoms with Gasteiger partial charge in [-0.3, -0.25) is 4.40 Å². The second kappa shape index (κ2) is 5.03. The second-order valence-corrected chi connectivity index (χ2v) is 4.84. The molecule has 0 saturated carbocycles. The van der Waals surface area contributed by atoms with Gasteiger partial charge in [-0.2, -0.15) is 0 Å². The Bertz CT molecular complexity index is 707. The van der Waals surface area contributed by atoms with E-state index in [4.69, 9.17) is 11.6 Å². The molecule has 0 bridgehead atoms. The summed E-state index contributed by atoms with van der Waals surface area (Å²) >= 11 is 5.99. The number of hydrogen-bond acceptors (Lipinski definition) is 2. The first-order valence-corrected chi connectivity index (χ1v) is 6.46. The average molecular weight is 273 g/mol. The molecule has 1 N–H and O–H groups in total. The number of aliphatic hydroxyl groups excluding tert-OH is 1. The van der Waals surface area contributed by atoms with Crippen molar-refractivity contribution in [3.05, 3.63) is 70.6 Å². The lowest BCUT2D eigenvalue weighted by Gasteiger charge is -2.02. The van der Waals surface area contributed by atoms with E-state index in [-0.39, 0.29) is 6.61 Å². The molecule has 2 heterocycles. The van der Waals surface area contributed by atoms with E-state index in [1.807, 2.05) is 28.7 Å². The molecule has 0 spiro atoms. The quantitative estimate of drug-likeness (QED) is 0.796. The standard InChI is InChI=1S/C15H13ClN2O/c16-12-6-7-15-17-13(14(10-19)18(15)9-12)8-11-4-2-1-3-5-11/h1-7,9,19H,8,10H2. The Kier molecular flexibility index (Phi) is 3.23. The van der Waals surface area contributed by atoms with Gasteiger partial charge in [0.1, 0.15) is 5.65 Å². The van der Waals surface area contributed by atoms with Gasteiger partial charge < -0.3 is 5.11 Å². The number of aliphatic hydroxyl groups is 1. The van der Waals surface area contributed by atoms with Crippen LogP contribution in [-0.2, 0) is 13.0 Å². The third kappa shape index (κ3) is 2.35. The van der Waals surface area contributed by atoms with Crippen molar-refractivity contribution in [2.45, 2.75) is 13.0 Å². The van der Waals surface area contributed by atoms with Crippen molar-refractivity contribution < 1.29 is 5.11 Å². The number of pyridine rings is 1. The molecular formula is C15H13ClN2O. The molecule has 19 heavy (non-hydrogen) atoms. The molecule has 0 amide bonds. The summed E-state index contributed by atoms with van der Waals surface area (Å²) in [5.74, 6) is 0. The van der Waals surface area contributed by atoms with Crippen molar-refractivity contribution in [1.29, 1.82) is 0 Å². The van der Waals surface area contributed by atoms with E-state index in [9.17, 15) is 5.11 Å². The van der Waals surface area contributed by atoms with Crippen LogP contribution in [0.25, 0.3) is 5.65 Å². The summed E-state index contributed by atoms with van der Waals surface area (Å²) in [5, 5.41) is 10.2. The summed E-state index contributed by atoms with van der Waals surface area (Å²) in [6.07, 6.45) is 2.49. The molecule has 4 heteroatoms. The Morgan fingerprint density at radius 3 is 2.63 bits per heavy atom. The average Bonchev–Trinajstić information content (AvgIpc) is 2.76. The van der Waals surface area contributed by atoms with E-state index in [0.29, 0.717) is 11.4 Å². The lowest BCUT2D eigenvalue weighted by atomic mass is 10.1. The minimum Gasteiger partial charge on any atom is -0.390 e. The summed E-state index contributed by atoms with van der Waals surface area (Å²) in [4.78, 5) is 4.56. The number of benzene rings is 1. The number of imidazole rings is 1. The van der Waals surface area contributed by atoms with Gasteiger partial charge >= 0.3 is 0 Å². The molecule has 3 nitrogen and oxygen atoms in total. The molecular weight excluding hydrogens is 260 g/mol. The smallest absolute Gasteiger partial charge is 0.137 e. The summed E-state index contributed by atoms with van der Waals surface area (Å²) in [7, 11) is 0. The summed E-state index contributed by atoms with van der Waals surface area (Å²) in [5.41, 5.74) is 3.66. The number of nitrogens with zero attached hydrogens (tertiary/aromatic N) is 2. The predicted octanol–water partition coefficient (Wildman–Crippen LogP) is 3.07. The van der Waals surface area contributed by atoms with Gasteiger partial charge in [-0.05, 0) is 17.7 Å². The van der Waals surface area contributed by atoms with E-state index < -0.39 is 0 Å². The topological polar surface area (TPSA) is 37.5 Å². The predicted molar refractivity (Wildman–Crippen MR) is 75.4 cm³/mol. The van der Waals surface area contributed by atoms with Crippen molar-refractivity contribution in [3.63, 3.8) is 0 Å². The first-order valence-electron chi connectivity index (χ1n) is 6.08. The Morgan fingerprint density at radius 2 is 1.89 bits per heavy atom. The van der Waals surface area contributed by atoms with Crippen LogP contribution in [0.15, 0.2) is 48.7 Å². The molecule has 0 radical (unpaired) electrons. The van der Waals surface area contributed by atoms with Gasteiger partial charge in [-0.25, -0.2) is 4.98 Å². The Morgan fingerprint density at radius 1 is 1.11 bits per heavy atom. The molecule has 0 aliphatic carbocycles. The van der Waals surface area contributed by atoms with E-state index in [1.54, 1.807) is 12.3 Å². The number of rotatable bonds is 3. The van der Waals surface area contributed by atoms with Gasteiger partial charge in [0, 0.05) is 12.6 Å². The molecule has 0 atom stereocenters. The minimum atomic E-state index is -0.0519. The third-order valence-corrected chi connectivity index (χ3v) is 3.35. The normalized spacial score (nSPS) is 11.1. The Balaban J connectivity index is 2.08. The maximum absolute atomic E-state index is 9.57. The van der Waals surface area contributed by atoms with Crippen molar-refractivity contribution in [2.24, 2.45) is 0 Å². The highest BCUT2D eigenvalue weighted by atomic mass is 35.5. The van der Waals surface area contributed by atoms with Crippen LogP contribution in [0.5, 0.6) is 0 Å². The van der Waals surface area contributed by atoms with Crippen molar-refractivity contribution in [2.75, 3.05) is 0 Å². The van der Waals surface area contributed by atoms with E-state index in [0.717, 1.165) is 17.0 Å². The molecule has 0 saturated heterocycles. The fourth-order valence-electron chi connectivity index (χ4n) is 2.21. The van der Waals surface area contributed by atoms with E-state index in [1.165, 1.54) is 5.56 Å². The van der Waals surface area contributed by atoms with Crippen LogP contribution in [0.1, 0.15) is 17.0 Å². The number of hydrogen-bond donors (Lipinski definition) is 1. The lowest BCUT2D eigenvalue weighted by Crippen LogP contribution is -1.97. The SMILES string of the molecule is OCc1c(Cc2ccccc2)nc2ccc(Cl)cn12. The van der Waals surface area contributed by atoms with Gasteiger partial charge in [0.25, 0.3) is 0 Å². The molecule has 3 rings (SSSR count). The maximum atomic E-state index is 9.57.